The Hall–Kier alpha value is -3.22. The summed E-state index contributed by atoms with van der Waals surface area (Å²) in [4.78, 5) is 22.6. The first kappa shape index (κ1) is 13.7. The van der Waals surface area contributed by atoms with E-state index in [1.54, 1.807) is 36.5 Å². The van der Waals surface area contributed by atoms with Gasteiger partial charge in [-0.3, -0.25) is 20.0 Å². The maximum Gasteiger partial charge on any atom is 0.273 e. The molecular weight excluding hydrogens is 284 g/mol. The van der Waals surface area contributed by atoms with Crippen LogP contribution in [0, 0.1) is 10.1 Å². The molecule has 22 heavy (non-hydrogen) atoms. The van der Waals surface area contributed by atoms with Crippen molar-refractivity contribution in [2.75, 3.05) is 5.32 Å². The van der Waals surface area contributed by atoms with Crippen LogP contribution >= 0.6 is 0 Å². The zero-order valence-electron chi connectivity index (χ0n) is 11.4. The van der Waals surface area contributed by atoms with Crippen molar-refractivity contribution in [3.05, 3.63) is 64.3 Å². The van der Waals surface area contributed by atoms with Gasteiger partial charge in [0.25, 0.3) is 5.69 Å². The van der Waals surface area contributed by atoms with Crippen LogP contribution in [0.15, 0.2) is 48.7 Å². The first-order chi connectivity index (χ1) is 10.6. The lowest BCUT2D eigenvalue weighted by molar-refractivity contribution is -0.385. The Morgan fingerprint density at radius 3 is 2.86 bits per heavy atom. The molecule has 0 radical (unpaired) electrons. The zero-order chi connectivity index (χ0) is 15.5. The van der Waals surface area contributed by atoms with Crippen molar-refractivity contribution in [1.82, 2.24) is 10.2 Å². The number of nitro groups is 1. The van der Waals surface area contributed by atoms with E-state index < -0.39 is 4.92 Å². The van der Waals surface area contributed by atoms with Crippen LogP contribution in [0.5, 0.6) is 0 Å². The molecule has 0 atom stereocenters. The summed E-state index contributed by atoms with van der Waals surface area (Å²) < 4.78 is 0. The number of hydrogen-bond acceptors (Lipinski definition) is 4. The van der Waals surface area contributed by atoms with E-state index in [0.29, 0.717) is 11.3 Å². The highest BCUT2D eigenvalue weighted by atomic mass is 16.6. The molecule has 1 aromatic heterocycles. The third-order valence-corrected chi connectivity index (χ3v) is 3.29. The standard InChI is InChI=1S/C15H12N4O3/c20-14(8-10-4-1-2-7-13(10)19(21)22)17-12-6-3-5-11-9-16-18-15(11)12/h1-7,9H,8H2,(H,16,18)(H,17,20). The number of aromatic nitrogens is 2. The number of rotatable bonds is 4. The van der Waals surface area contributed by atoms with Gasteiger partial charge in [-0.15, -0.1) is 0 Å². The molecule has 1 heterocycles. The second kappa shape index (κ2) is 5.65. The number of aromatic amines is 1. The highest BCUT2D eigenvalue weighted by Gasteiger charge is 2.16. The maximum atomic E-state index is 12.2. The number of nitrogens with zero attached hydrogens (tertiary/aromatic N) is 2. The number of H-pyrrole nitrogens is 1. The number of fused-ring (bicyclic) bond motifs is 1. The van der Waals surface area contributed by atoms with Crippen molar-refractivity contribution < 1.29 is 9.72 Å². The maximum absolute atomic E-state index is 12.2. The summed E-state index contributed by atoms with van der Waals surface area (Å²) >= 11 is 0. The molecular formula is C15H12N4O3. The van der Waals surface area contributed by atoms with Gasteiger partial charge in [0.15, 0.2) is 0 Å². The van der Waals surface area contributed by atoms with Gasteiger partial charge in [0.05, 0.1) is 28.7 Å². The van der Waals surface area contributed by atoms with E-state index in [2.05, 4.69) is 15.5 Å². The van der Waals surface area contributed by atoms with Crippen molar-refractivity contribution in [3.63, 3.8) is 0 Å². The van der Waals surface area contributed by atoms with Crippen molar-refractivity contribution in [2.45, 2.75) is 6.42 Å². The molecule has 3 aromatic rings. The molecule has 0 aliphatic rings. The van der Waals surface area contributed by atoms with Gasteiger partial charge in [-0.1, -0.05) is 30.3 Å². The molecule has 0 saturated carbocycles. The largest absolute Gasteiger partial charge is 0.324 e. The van der Waals surface area contributed by atoms with Gasteiger partial charge in [0.2, 0.25) is 5.91 Å². The van der Waals surface area contributed by atoms with Crippen molar-refractivity contribution >= 4 is 28.2 Å². The first-order valence-electron chi connectivity index (χ1n) is 6.59. The van der Waals surface area contributed by atoms with Crippen LogP contribution in [0.4, 0.5) is 11.4 Å². The molecule has 2 aromatic carbocycles. The number of nitro benzene ring substituents is 1. The highest BCUT2D eigenvalue weighted by molar-refractivity contribution is 6.00. The molecule has 1 amide bonds. The molecule has 0 spiro atoms. The number of nitrogens with one attached hydrogen (secondary N) is 2. The molecule has 0 aliphatic heterocycles. The van der Waals surface area contributed by atoms with Crippen LogP contribution in [0.2, 0.25) is 0 Å². The van der Waals surface area contributed by atoms with Gasteiger partial charge < -0.3 is 5.32 Å². The summed E-state index contributed by atoms with van der Waals surface area (Å²) in [6, 6.07) is 11.6. The third-order valence-electron chi connectivity index (χ3n) is 3.29. The van der Waals surface area contributed by atoms with E-state index in [9.17, 15) is 14.9 Å². The Labute approximate surface area is 125 Å². The molecule has 0 bridgehead atoms. The van der Waals surface area contributed by atoms with E-state index >= 15 is 0 Å². The summed E-state index contributed by atoms with van der Waals surface area (Å²) in [5, 5.41) is 21.3. The van der Waals surface area contributed by atoms with Gasteiger partial charge in [0, 0.05) is 17.0 Å². The smallest absolute Gasteiger partial charge is 0.273 e. The normalized spacial score (nSPS) is 10.5. The number of carbonyl (C=O) groups is 1. The number of amides is 1. The van der Waals surface area contributed by atoms with Crippen LogP contribution < -0.4 is 5.32 Å². The van der Waals surface area contributed by atoms with Gasteiger partial charge in [0.1, 0.15) is 0 Å². The topological polar surface area (TPSA) is 101 Å². The van der Waals surface area contributed by atoms with Gasteiger partial charge in [-0.2, -0.15) is 5.10 Å². The Bertz CT molecular complexity index is 857. The van der Waals surface area contributed by atoms with Crippen molar-refractivity contribution in [2.24, 2.45) is 0 Å². The summed E-state index contributed by atoms with van der Waals surface area (Å²) in [5.41, 5.74) is 1.64. The van der Waals surface area contributed by atoms with Crippen LogP contribution in [0.3, 0.4) is 0 Å². The molecule has 2 N–H and O–H groups in total. The molecule has 0 aliphatic carbocycles. The number of carbonyl (C=O) groups excluding carboxylic acids is 1. The minimum absolute atomic E-state index is 0.0580. The minimum Gasteiger partial charge on any atom is -0.324 e. The van der Waals surface area contributed by atoms with Gasteiger partial charge in [-0.25, -0.2) is 0 Å². The van der Waals surface area contributed by atoms with E-state index in [4.69, 9.17) is 0 Å². The molecule has 110 valence electrons. The summed E-state index contributed by atoms with van der Waals surface area (Å²) in [7, 11) is 0. The second-order valence-corrected chi connectivity index (χ2v) is 4.75. The van der Waals surface area contributed by atoms with Crippen molar-refractivity contribution in [3.8, 4) is 0 Å². The first-order valence-corrected chi connectivity index (χ1v) is 6.59. The molecule has 0 fully saturated rings. The molecule has 3 rings (SSSR count). The van der Waals surface area contributed by atoms with Crippen LogP contribution in [-0.2, 0) is 11.2 Å². The molecule has 7 heteroatoms. The lowest BCUT2D eigenvalue weighted by Crippen LogP contribution is -2.15. The van der Waals surface area contributed by atoms with E-state index in [-0.39, 0.29) is 18.0 Å². The quantitative estimate of drug-likeness (QED) is 0.570. The van der Waals surface area contributed by atoms with Gasteiger partial charge >= 0.3 is 0 Å². The fourth-order valence-electron chi connectivity index (χ4n) is 2.28. The van der Waals surface area contributed by atoms with Crippen molar-refractivity contribution in [1.29, 1.82) is 0 Å². The number of hydrogen-bond donors (Lipinski definition) is 2. The monoisotopic (exact) mass is 296 g/mol. The highest BCUT2D eigenvalue weighted by Crippen LogP contribution is 2.22. The average Bonchev–Trinajstić information content (AvgIpc) is 2.97. The lowest BCUT2D eigenvalue weighted by atomic mass is 10.1. The second-order valence-electron chi connectivity index (χ2n) is 4.75. The molecule has 0 saturated heterocycles. The predicted molar refractivity (Wildman–Crippen MR) is 81.5 cm³/mol. The minimum atomic E-state index is -0.488. The van der Waals surface area contributed by atoms with Crippen LogP contribution in [0.1, 0.15) is 5.56 Å². The van der Waals surface area contributed by atoms with Crippen LogP contribution in [0.25, 0.3) is 10.9 Å². The Morgan fingerprint density at radius 2 is 2.05 bits per heavy atom. The Balaban J connectivity index is 1.81. The SMILES string of the molecule is O=C(Cc1ccccc1[N+](=O)[O-])Nc1cccc2cn[nH]c12. The number of para-hydroxylation sites is 2. The number of anilines is 1. The summed E-state index contributed by atoms with van der Waals surface area (Å²) in [6.07, 6.45) is 1.59. The summed E-state index contributed by atoms with van der Waals surface area (Å²) in [5.74, 6) is -0.323. The summed E-state index contributed by atoms with van der Waals surface area (Å²) in [6.45, 7) is 0. The van der Waals surface area contributed by atoms with E-state index in [0.717, 1.165) is 10.9 Å². The van der Waals surface area contributed by atoms with E-state index in [1.807, 2.05) is 6.07 Å². The average molecular weight is 296 g/mol. The third kappa shape index (κ3) is 2.64. The predicted octanol–water partition coefficient (Wildman–Crippen LogP) is 2.65. The Morgan fingerprint density at radius 1 is 1.23 bits per heavy atom. The number of benzene rings is 2. The fourth-order valence-corrected chi connectivity index (χ4v) is 2.28. The fraction of sp³-hybridized carbons (Fsp3) is 0.0667. The van der Waals surface area contributed by atoms with Gasteiger partial charge in [-0.05, 0) is 6.07 Å². The molecule has 7 nitrogen and oxygen atoms in total. The molecule has 0 unspecified atom stereocenters. The Kier molecular flexibility index (Phi) is 3.53. The van der Waals surface area contributed by atoms with E-state index in [1.165, 1.54) is 6.07 Å². The van der Waals surface area contributed by atoms with Crippen LogP contribution in [-0.4, -0.2) is 21.0 Å². The lowest BCUT2D eigenvalue weighted by Gasteiger charge is -2.06. The zero-order valence-corrected chi connectivity index (χ0v) is 11.4.